The number of aromatic nitrogens is 4. The van der Waals surface area contributed by atoms with E-state index in [0.29, 0.717) is 0 Å². The normalized spacial score (nSPS) is 12.8. The van der Waals surface area contributed by atoms with Crippen molar-refractivity contribution in [2.24, 2.45) is 7.05 Å². The molecule has 1 unspecified atom stereocenters. The van der Waals surface area contributed by atoms with Crippen molar-refractivity contribution in [2.75, 3.05) is 6.54 Å². The number of nitrogens with zero attached hydrogens (tertiary/aromatic N) is 4. The van der Waals surface area contributed by atoms with Crippen LogP contribution in [0, 0.1) is 6.92 Å². The number of halogens is 1. The molecular formula is C14H22BrN5. The Bertz CT molecular complexity index is 572. The quantitative estimate of drug-likeness (QED) is 0.880. The lowest BCUT2D eigenvalue weighted by Crippen LogP contribution is -2.26. The number of rotatable bonds is 6. The van der Waals surface area contributed by atoms with Gasteiger partial charge < -0.3 is 5.32 Å². The van der Waals surface area contributed by atoms with Crippen molar-refractivity contribution in [3.8, 4) is 0 Å². The zero-order valence-corrected chi connectivity index (χ0v) is 14.1. The first-order chi connectivity index (χ1) is 9.60. The van der Waals surface area contributed by atoms with Crippen LogP contribution in [0.15, 0.2) is 16.9 Å². The molecule has 0 aliphatic rings. The summed E-state index contributed by atoms with van der Waals surface area (Å²) in [7, 11) is 1.97. The summed E-state index contributed by atoms with van der Waals surface area (Å²) in [5.74, 6) is 0. The molecule has 0 aliphatic heterocycles. The molecule has 2 aromatic rings. The molecule has 0 fully saturated rings. The second-order valence-electron chi connectivity index (χ2n) is 4.89. The molecular weight excluding hydrogens is 318 g/mol. The third-order valence-corrected chi connectivity index (χ3v) is 4.20. The second kappa shape index (κ2) is 6.54. The molecule has 2 heterocycles. The summed E-state index contributed by atoms with van der Waals surface area (Å²) < 4.78 is 4.98. The van der Waals surface area contributed by atoms with Crippen LogP contribution < -0.4 is 5.32 Å². The van der Waals surface area contributed by atoms with E-state index in [4.69, 9.17) is 0 Å². The van der Waals surface area contributed by atoms with Crippen LogP contribution in [0.25, 0.3) is 0 Å². The van der Waals surface area contributed by atoms with Crippen LogP contribution in [-0.4, -0.2) is 26.1 Å². The SMILES string of the molecule is CCCNC(c1cnn(C)c1C)c1c(Br)cnn1CC. The predicted molar refractivity (Wildman–Crippen MR) is 83.7 cm³/mol. The van der Waals surface area contributed by atoms with Gasteiger partial charge in [-0.25, -0.2) is 0 Å². The van der Waals surface area contributed by atoms with Gasteiger partial charge in [-0.05, 0) is 42.7 Å². The molecule has 0 bridgehead atoms. The van der Waals surface area contributed by atoms with Gasteiger partial charge in [0, 0.05) is 24.8 Å². The Morgan fingerprint density at radius 3 is 2.60 bits per heavy atom. The first-order valence-electron chi connectivity index (χ1n) is 7.03. The first-order valence-corrected chi connectivity index (χ1v) is 7.82. The van der Waals surface area contributed by atoms with Gasteiger partial charge in [-0.3, -0.25) is 9.36 Å². The fourth-order valence-electron chi connectivity index (χ4n) is 2.35. The van der Waals surface area contributed by atoms with Gasteiger partial charge in [0.05, 0.1) is 28.6 Å². The van der Waals surface area contributed by atoms with Gasteiger partial charge in [-0.15, -0.1) is 0 Å². The van der Waals surface area contributed by atoms with E-state index in [9.17, 15) is 0 Å². The summed E-state index contributed by atoms with van der Waals surface area (Å²) in [6.07, 6.45) is 4.90. The van der Waals surface area contributed by atoms with Gasteiger partial charge >= 0.3 is 0 Å². The minimum absolute atomic E-state index is 0.112. The summed E-state index contributed by atoms with van der Waals surface area (Å²) in [4.78, 5) is 0. The van der Waals surface area contributed by atoms with Gasteiger partial charge in [-0.1, -0.05) is 6.92 Å². The molecule has 5 nitrogen and oxygen atoms in total. The highest BCUT2D eigenvalue weighted by Gasteiger charge is 2.24. The van der Waals surface area contributed by atoms with Crippen LogP contribution >= 0.6 is 15.9 Å². The molecule has 0 aromatic carbocycles. The maximum absolute atomic E-state index is 4.43. The fraction of sp³-hybridized carbons (Fsp3) is 0.571. The molecule has 0 saturated carbocycles. The lowest BCUT2D eigenvalue weighted by atomic mass is 10.0. The van der Waals surface area contributed by atoms with E-state index in [-0.39, 0.29) is 6.04 Å². The summed E-state index contributed by atoms with van der Waals surface area (Å²) >= 11 is 3.63. The molecule has 0 amide bonds. The Balaban J connectivity index is 2.47. The zero-order chi connectivity index (χ0) is 14.7. The van der Waals surface area contributed by atoms with Crippen molar-refractivity contribution in [2.45, 2.75) is 39.8 Å². The third kappa shape index (κ3) is 2.81. The van der Waals surface area contributed by atoms with Crippen LogP contribution in [0.3, 0.4) is 0 Å². The highest BCUT2D eigenvalue weighted by Crippen LogP contribution is 2.30. The van der Waals surface area contributed by atoms with Crippen molar-refractivity contribution in [1.29, 1.82) is 0 Å². The van der Waals surface area contributed by atoms with Crippen LogP contribution in [0.1, 0.15) is 43.3 Å². The molecule has 1 N–H and O–H groups in total. The Morgan fingerprint density at radius 1 is 1.30 bits per heavy atom. The average Bonchev–Trinajstić information content (AvgIpc) is 2.97. The molecule has 0 radical (unpaired) electrons. The highest BCUT2D eigenvalue weighted by atomic mass is 79.9. The van der Waals surface area contributed by atoms with Gasteiger partial charge in [0.25, 0.3) is 0 Å². The monoisotopic (exact) mass is 339 g/mol. The van der Waals surface area contributed by atoms with E-state index in [2.05, 4.69) is 52.2 Å². The van der Waals surface area contributed by atoms with Crippen molar-refractivity contribution < 1.29 is 0 Å². The number of nitrogens with one attached hydrogen (secondary N) is 1. The third-order valence-electron chi connectivity index (χ3n) is 3.59. The number of aryl methyl sites for hydroxylation is 2. The van der Waals surface area contributed by atoms with Crippen LogP contribution in [0.2, 0.25) is 0 Å². The van der Waals surface area contributed by atoms with Crippen LogP contribution in [-0.2, 0) is 13.6 Å². The van der Waals surface area contributed by atoms with Crippen LogP contribution in [0.4, 0.5) is 0 Å². The van der Waals surface area contributed by atoms with E-state index in [0.717, 1.165) is 29.7 Å². The Hall–Kier alpha value is -1.14. The molecule has 2 aromatic heterocycles. The maximum atomic E-state index is 4.43. The highest BCUT2D eigenvalue weighted by molar-refractivity contribution is 9.10. The van der Waals surface area contributed by atoms with E-state index in [1.54, 1.807) is 0 Å². The van der Waals surface area contributed by atoms with Gasteiger partial charge in [0.1, 0.15) is 0 Å². The molecule has 0 aliphatic carbocycles. The molecule has 6 heteroatoms. The fourth-order valence-corrected chi connectivity index (χ4v) is 2.88. The molecule has 20 heavy (non-hydrogen) atoms. The Kier molecular flexibility index (Phi) is 4.99. The molecule has 0 saturated heterocycles. The lowest BCUT2D eigenvalue weighted by molar-refractivity contribution is 0.526. The molecule has 110 valence electrons. The smallest absolute Gasteiger partial charge is 0.0793 e. The summed E-state index contributed by atoms with van der Waals surface area (Å²) in [5.41, 5.74) is 3.54. The van der Waals surface area contributed by atoms with Crippen molar-refractivity contribution in [1.82, 2.24) is 24.9 Å². The Morgan fingerprint density at radius 2 is 2.05 bits per heavy atom. The lowest BCUT2D eigenvalue weighted by Gasteiger charge is -2.20. The molecule has 0 spiro atoms. The summed E-state index contributed by atoms with van der Waals surface area (Å²) in [5, 5.41) is 12.4. The van der Waals surface area contributed by atoms with Gasteiger partial charge in [0.15, 0.2) is 0 Å². The Labute approximate surface area is 128 Å². The average molecular weight is 340 g/mol. The number of hydrogen-bond acceptors (Lipinski definition) is 3. The topological polar surface area (TPSA) is 47.7 Å². The van der Waals surface area contributed by atoms with Gasteiger partial charge in [-0.2, -0.15) is 10.2 Å². The predicted octanol–water partition coefficient (Wildman–Crippen LogP) is 2.80. The van der Waals surface area contributed by atoms with Gasteiger partial charge in [0.2, 0.25) is 0 Å². The van der Waals surface area contributed by atoms with E-state index in [1.165, 1.54) is 11.3 Å². The van der Waals surface area contributed by atoms with Crippen LogP contribution in [0.5, 0.6) is 0 Å². The van der Waals surface area contributed by atoms with E-state index < -0.39 is 0 Å². The summed E-state index contributed by atoms with van der Waals surface area (Å²) in [6.45, 7) is 8.19. The van der Waals surface area contributed by atoms with E-state index in [1.807, 2.05) is 28.8 Å². The van der Waals surface area contributed by atoms with E-state index >= 15 is 0 Å². The molecule has 2 rings (SSSR count). The van der Waals surface area contributed by atoms with Crippen molar-refractivity contribution in [3.05, 3.63) is 33.8 Å². The maximum Gasteiger partial charge on any atom is 0.0793 e. The standard InChI is InChI=1S/C14H22BrN5/c1-5-7-16-13(11-8-17-19(4)10(11)3)14-12(15)9-18-20(14)6-2/h8-9,13,16H,5-7H2,1-4H3. The number of hydrogen-bond donors (Lipinski definition) is 1. The van der Waals surface area contributed by atoms with Crippen molar-refractivity contribution >= 4 is 15.9 Å². The minimum Gasteiger partial charge on any atom is -0.305 e. The van der Waals surface area contributed by atoms with Crippen molar-refractivity contribution in [3.63, 3.8) is 0 Å². The zero-order valence-electron chi connectivity index (χ0n) is 12.5. The largest absolute Gasteiger partial charge is 0.305 e. The summed E-state index contributed by atoms with van der Waals surface area (Å²) in [6, 6.07) is 0.112. The molecule has 1 atom stereocenters. The minimum atomic E-state index is 0.112. The first kappa shape index (κ1) is 15.3. The second-order valence-corrected chi connectivity index (χ2v) is 5.74.